The molecule has 1 atom stereocenters. The summed E-state index contributed by atoms with van der Waals surface area (Å²) in [4.78, 5) is 15.3. The maximum Gasteiger partial charge on any atom is 0.227 e. The molecular weight excluding hydrogens is 392 g/mol. The van der Waals surface area contributed by atoms with Crippen molar-refractivity contribution >= 4 is 22.9 Å². The Bertz CT molecular complexity index is 980. The van der Waals surface area contributed by atoms with Crippen molar-refractivity contribution in [2.24, 2.45) is 5.92 Å². The quantitative estimate of drug-likeness (QED) is 0.612. The molecule has 0 unspecified atom stereocenters. The zero-order valence-corrected chi connectivity index (χ0v) is 18.4. The molecule has 1 amide bonds. The Morgan fingerprint density at radius 1 is 1.13 bits per heavy atom. The highest BCUT2D eigenvalue weighted by molar-refractivity contribution is 7.14. The fraction of sp³-hybridized carbons (Fsp3) is 0.375. The van der Waals surface area contributed by atoms with Crippen LogP contribution in [0, 0.1) is 12.8 Å². The van der Waals surface area contributed by atoms with E-state index in [-0.39, 0.29) is 11.8 Å². The molecule has 1 aliphatic rings. The van der Waals surface area contributed by atoms with E-state index in [9.17, 15) is 4.79 Å². The van der Waals surface area contributed by atoms with Crippen LogP contribution in [0.25, 0.3) is 10.6 Å². The highest BCUT2D eigenvalue weighted by Gasteiger charge is 2.26. The summed E-state index contributed by atoms with van der Waals surface area (Å²) >= 11 is 1.56. The van der Waals surface area contributed by atoms with Gasteiger partial charge in [-0.1, -0.05) is 60.7 Å². The van der Waals surface area contributed by atoms with Gasteiger partial charge in [0.05, 0.1) is 0 Å². The van der Waals surface area contributed by atoms with Crippen molar-refractivity contribution < 1.29 is 4.79 Å². The number of piperidine rings is 1. The number of nitrogens with zero attached hydrogens (tertiary/aromatic N) is 3. The average molecular weight is 421 g/mol. The van der Waals surface area contributed by atoms with Crippen molar-refractivity contribution in [1.29, 1.82) is 0 Å². The van der Waals surface area contributed by atoms with Crippen molar-refractivity contribution in [3.63, 3.8) is 0 Å². The van der Waals surface area contributed by atoms with Crippen molar-refractivity contribution in [2.45, 2.75) is 32.6 Å². The monoisotopic (exact) mass is 420 g/mol. The van der Waals surface area contributed by atoms with Crippen LogP contribution in [0.4, 0.5) is 5.69 Å². The summed E-state index contributed by atoms with van der Waals surface area (Å²) < 4.78 is 0. The minimum Gasteiger partial charge on any atom is -0.326 e. The van der Waals surface area contributed by atoms with E-state index in [1.54, 1.807) is 11.3 Å². The summed E-state index contributed by atoms with van der Waals surface area (Å²) in [6, 6.07) is 18.5. The normalized spacial score (nSPS) is 16.3. The lowest BCUT2D eigenvalue weighted by atomic mass is 9.94. The number of rotatable bonds is 6. The lowest BCUT2D eigenvalue weighted by molar-refractivity contribution is -0.121. The molecule has 156 valence electrons. The molecule has 5 nitrogen and oxygen atoms in total. The third kappa shape index (κ3) is 5.12. The van der Waals surface area contributed by atoms with Gasteiger partial charge < -0.3 is 10.2 Å². The van der Waals surface area contributed by atoms with Gasteiger partial charge in [0.25, 0.3) is 0 Å². The topological polar surface area (TPSA) is 58.1 Å². The first-order valence-corrected chi connectivity index (χ1v) is 11.4. The molecule has 2 heterocycles. The molecule has 2 aromatic carbocycles. The number of aromatic nitrogens is 2. The van der Waals surface area contributed by atoms with Gasteiger partial charge >= 0.3 is 0 Å². The van der Waals surface area contributed by atoms with E-state index in [0.717, 1.165) is 53.7 Å². The molecule has 3 aromatic rings. The molecule has 0 bridgehead atoms. The minimum absolute atomic E-state index is 0.0701. The first kappa shape index (κ1) is 20.7. The molecule has 1 aliphatic heterocycles. The number of carbonyl (C=O) groups excluding carboxylic acids is 1. The molecule has 30 heavy (non-hydrogen) atoms. The Morgan fingerprint density at radius 2 is 1.90 bits per heavy atom. The first-order chi connectivity index (χ1) is 14.6. The number of hydrogen-bond acceptors (Lipinski definition) is 5. The highest BCUT2D eigenvalue weighted by Crippen LogP contribution is 2.27. The zero-order valence-electron chi connectivity index (χ0n) is 17.5. The second-order valence-corrected chi connectivity index (χ2v) is 9.26. The molecule has 1 aromatic heterocycles. The van der Waals surface area contributed by atoms with Gasteiger partial charge in [0, 0.05) is 23.7 Å². The Balaban J connectivity index is 1.29. The maximum atomic E-state index is 12.8. The van der Waals surface area contributed by atoms with Gasteiger partial charge in [-0.15, -0.1) is 10.2 Å². The molecule has 0 saturated carbocycles. The summed E-state index contributed by atoms with van der Waals surface area (Å²) in [6.07, 6.45) is 1.81. The number of benzene rings is 2. The van der Waals surface area contributed by atoms with Gasteiger partial charge in [-0.25, -0.2) is 0 Å². The molecule has 0 spiro atoms. The Morgan fingerprint density at radius 3 is 2.60 bits per heavy atom. The standard InChI is InChI=1S/C24H28N4OS/c1-17(19-7-4-3-5-8-19)16-28-13-11-20(12-14-28)23(29)25-22-10-6-9-21(15-22)24-27-26-18(2)30-24/h3-10,15,17,20H,11-14,16H2,1-2H3,(H,25,29)/t17-/m0/s1. The summed E-state index contributed by atoms with van der Waals surface area (Å²) in [6.45, 7) is 7.21. The van der Waals surface area contributed by atoms with Gasteiger partial charge in [0.15, 0.2) is 0 Å². The summed E-state index contributed by atoms with van der Waals surface area (Å²) in [7, 11) is 0. The molecule has 0 radical (unpaired) electrons. The number of anilines is 1. The van der Waals surface area contributed by atoms with Gasteiger partial charge in [-0.2, -0.15) is 0 Å². The summed E-state index contributed by atoms with van der Waals surface area (Å²) in [5.41, 5.74) is 3.19. The first-order valence-electron chi connectivity index (χ1n) is 10.6. The van der Waals surface area contributed by atoms with Gasteiger partial charge in [-0.05, 0) is 56.5 Å². The van der Waals surface area contributed by atoms with Crippen LogP contribution in [-0.4, -0.2) is 40.6 Å². The molecule has 1 N–H and O–H groups in total. The number of carbonyl (C=O) groups is 1. The van der Waals surface area contributed by atoms with E-state index < -0.39 is 0 Å². The molecule has 4 rings (SSSR count). The van der Waals surface area contributed by atoms with Crippen LogP contribution < -0.4 is 5.32 Å². The van der Waals surface area contributed by atoms with Crippen LogP contribution in [0.15, 0.2) is 54.6 Å². The summed E-state index contributed by atoms with van der Waals surface area (Å²) in [5, 5.41) is 13.2. The fourth-order valence-corrected chi connectivity index (χ4v) is 4.73. The van der Waals surface area contributed by atoms with Crippen LogP contribution in [0.1, 0.15) is 36.3 Å². The lowest BCUT2D eigenvalue weighted by Gasteiger charge is -2.33. The van der Waals surface area contributed by atoms with Crippen molar-refractivity contribution in [3.8, 4) is 10.6 Å². The third-order valence-electron chi connectivity index (χ3n) is 5.76. The zero-order chi connectivity index (χ0) is 20.9. The van der Waals surface area contributed by atoms with Gasteiger partial charge in [0.2, 0.25) is 5.91 Å². The molecular formula is C24H28N4OS. The van der Waals surface area contributed by atoms with Crippen LogP contribution in [0.2, 0.25) is 0 Å². The molecule has 6 heteroatoms. The smallest absolute Gasteiger partial charge is 0.227 e. The van der Waals surface area contributed by atoms with Crippen molar-refractivity contribution in [1.82, 2.24) is 15.1 Å². The van der Waals surface area contributed by atoms with Crippen molar-refractivity contribution in [2.75, 3.05) is 25.0 Å². The van der Waals surface area contributed by atoms with E-state index in [1.165, 1.54) is 5.56 Å². The van der Waals surface area contributed by atoms with Crippen molar-refractivity contribution in [3.05, 3.63) is 65.2 Å². The van der Waals surface area contributed by atoms with E-state index in [1.807, 2.05) is 31.2 Å². The number of nitrogens with one attached hydrogen (secondary N) is 1. The fourth-order valence-electron chi connectivity index (χ4n) is 4.04. The lowest BCUT2D eigenvalue weighted by Crippen LogP contribution is -2.39. The largest absolute Gasteiger partial charge is 0.326 e. The highest BCUT2D eigenvalue weighted by atomic mass is 32.1. The Hall–Kier alpha value is -2.57. The minimum atomic E-state index is 0.0701. The van der Waals surface area contributed by atoms with Gasteiger partial charge in [-0.3, -0.25) is 4.79 Å². The SMILES string of the molecule is Cc1nnc(-c2cccc(NC(=O)C3CCN(C[C@H](C)c4ccccc4)CC3)c2)s1. The predicted molar refractivity (Wildman–Crippen MR) is 123 cm³/mol. The Kier molecular flexibility index (Phi) is 6.55. The summed E-state index contributed by atoms with van der Waals surface area (Å²) in [5.74, 6) is 0.695. The molecule has 1 saturated heterocycles. The second-order valence-electron chi connectivity index (χ2n) is 8.08. The van der Waals surface area contributed by atoms with Gasteiger partial charge in [0.1, 0.15) is 10.0 Å². The van der Waals surface area contributed by atoms with Crippen LogP contribution in [-0.2, 0) is 4.79 Å². The van der Waals surface area contributed by atoms with Crippen LogP contribution in [0.3, 0.4) is 0 Å². The average Bonchev–Trinajstić information content (AvgIpc) is 3.21. The van der Waals surface area contributed by atoms with E-state index in [2.05, 4.69) is 57.7 Å². The molecule has 1 fully saturated rings. The van der Waals surface area contributed by atoms with Crippen LogP contribution >= 0.6 is 11.3 Å². The Labute approximate surface area is 182 Å². The number of aryl methyl sites for hydroxylation is 1. The number of likely N-dealkylation sites (tertiary alicyclic amines) is 1. The molecule has 0 aliphatic carbocycles. The van der Waals surface area contributed by atoms with E-state index in [0.29, 0.717) is 5.92 Å². The number of amides is 1. The van der Waals surface area contributed by atoms with Crippen LogP contribution in [0.5, 0.6) is 0 Å². The van der Waals surface area contributed by atoms with E-state index in [4.69, 9.17) is 0 Å². The number of hydrogen-bond donors (Lipinski definition) is 1. The second kappa shape index (κ2) is 9.49. The maximum absolute atomic E-state index is 12.8. The third-order valence-corrected chi connectivity index (χ3v) is 6.65. The van der Waals surface area contributed by atoms with E-state index >= 15 is 0 Å². The predicted octanol–water partition coefficient (Wildman–Crippen LogP) is 4.97.